The number of allylic oxidation sites excluding steroid dienone is 1. The molecule has 0 spiro atoms. The number of nitrogens with one attached hydrogen (secondary N) is 1. The molecule has 3 N–H and O–H groups in total. The zero-order chi connectivity index (χ0) is 29.3. The molecule has 8 heteroatoms. The van der Waals surface area contributed by atoms with Gasteiger partial charge < -0.3 is 20.5 Å². The van der Waals surface area contributed by atoms with Crippen LogP contribution in [0.5, 0.6) is 5.75 Å². The third-order valence-electron chi connectivity index (χ3n) is 6.89. The molecule has 0 saturated heterocycles. The van der Waals surface area contributed by atoms with Gasteiger partial charge in [-0.3, -0.25) is 14.5 Å². The molecule has 2 aromatic rings. The van der Waals surface area contributed by atoms with Crippen LogP contribution in [0.15, 0.2) is 53.5 Å². The fourth-order valence-electron chi connectivity index (χ4n) is 4.93. The molecule has 216 valence electrons. The van der Waals surface area contributed by atoms with Gasteiger partial charge in [-0.1, -0.05) is 44.2 Å². The maximum Gasteiger partial charge on any atom is 0.251 e. The molecular formula is C32H44N4O4. The lowest BCUT2D eigenvalue weighted by Gasteiger charge is -2.38. The number of aliphatic imine (C=N–C) groups is 1. The highest BCUT2D eigenvalue weighted by Crippen LogP contribution is 2.40. The number of ether oxygens (including phenoxy) is 2. The average Bonchev–Trinajstić information content (AvgIpc) is 2.94. The van der Waals surface area contributed by atoms with Gasteiger partial charge in [0.2, 0.25) is 5.91 Å². The molecular weight excluding hydrogens is 504 g/mol. The molecule has 0 fully saturated rings. The van der Waals surface area contributed by atoms with E-state index < -0.39 is 5.60 Å². The normalized spacial score (nSPS) is 22.1. The lowest BCUT2D eigenvalue weighted by molar-refractivity contribution is -0.128. The van der Waals surface area contributed by atoms with Crippen molar-refractivity contribution < 1.29 is 19.1 Å². The van der Waals surface area contributed by atoms with Crippen LogP contribution in [0.2, 0.25) is 0 Å². The number of methoxy groups -OCH3 is 1. The molecule has 0 aromatic heterocycles. The highest BCUT2D eigenvalue weighted by Gasteiger charge is 2.35. The summed E-state index contributed by atoms with van der Waals surface area (Å²) in [6.45, 7) is 11.1. The Hall–Kier alpha value is -3.65. The predicted molar refractivity (Wildman–Crippen MR) is 160 cm³/mol. The summed E-state index contributed by atoms with van der Waals surface area (Å²) in [5, 5.41) is 3.21. The summed E-state index contributed by atoms with van der Waals surface area (Å²) in [5.74, 6) is 0.840. The van der Waals surface area contributed by atoms with Gasteiger partial charge in [-0.05, 0) is 69.0 Å². The minimum atomic E-state index is -0.398. The van der Waals surface area contributed by atoms with Gasteiger partial charge >= 0.3 is 0 Å². The van der Waals surface area contributed by atoms with Crippen LogP contribution >= 0.6 is 0 Å². The van der Waals surface area contributed by atoms with Gasteiger partial charge in [-0.25, -0.2) is 4.99 Å². The van der Waals surface area contributed by atoms with Gasteiger partial charge in [-0.15, -0.1) is 0 Å². The third kappa shape index (κ3) is 7.94. The minimum Gasteiger partial charge on any atom is -0.487 e. The molecule has 2 unspecified atom stereocenters. The number of carbonyl (C=O) groups excluding carboxylic acids is 2. The Morgan fingerprint density at radius 2 is 1.93 bits per heavy atom. The molecule has 40 heavy (non-hydrogen) atoms. The van der Waals surface area contributed by atoms with Crippen LogP contribution < -0.4 is 15.8 Å². The Bertz CT molecular complexity index is 1240. The number of amides is 2. The summed E-state index contributed by atoms with van der Waals surface area (Å²) >= 11 is 0. The minimum absolute atomic E-state index is 0.0397. The second-order valence-electron chi connectivity index (χ2n) is 10.5. The van der Waals surface area contributed by atoms with Crippen LogP contribution in [0.25, 0.3) is 6.08 Å². The molecule has 2 atom stereocenters. The van der Waals surface area contributed by atoms with Crippen molar-refractivity contribution in [1.82, 2.24) is 10.2 Å². The van der Waals surface area contributed by atoms with E-state index in [1.807, 2.05) is 65.0 Å². The summed E-state index contributed by atoms with van der Waals surface area (Å²) in [4.78, 5) is 32.1. The average molecular weight is 549 g/mol. The van der Waals surface area contributed by atoms with Gasteiger partial charge in [0.15, 0.2) is 5.96 Å². The summed E-state index contributed by atoms with van der Waals surface area (Å²) in [5.41, 5.74) is 9.16. The Kier molecular flexibility index (Phi) is 10.9. The summed E-state index contributed by atoms with van der Waals surface area (Å²) < 4.78 is 10.7. The van der Waals surface area contributed by atoms with Gasteiger partial charge in [0, 0.05) is 37.7 Å². The zero-order valence-corrected chi connectivity index (χ0v) is 24.7. The van der Waals surface area contributed by atoms with Crippen molar-refractivity contribution in [1.29, 1.82) is 0 Å². The van der Waals surface area contributed by atoms with Crippen LogP contribution in [0.1, 0.15) is 93.4 Å². The van der Waals surface area contributed by atoms with Gasteiger partial charge in [0.05, 0.1) is 18.6 Å². The highest BCUT2D eigenvalue weighted by atomic mass is 16.5. The van der Waals surface area contributed by atoms with Crippen LogP contribution in [0.3, 0.4) is 0 Å². The topological polar surface area (TPSA) is 106 Å². The first-order chi connectivity index (χ1) is 19.2. The van der Waals surface area contributed by atoms with E-state index in [0.29, 0.717) is 24.9 Å². The first kappa shape index (κ1) is 30.9. The molecule has 0 saturated carbocycles. The SMILES string of the molecule is CC.CC1(C)CC2NC(=O)c3cccc(c3)CN3C(=O)CC(CC/C=C/c4ccc(c2c4)O1)N=C3N.CCOC. The van der Waals surface area contributed by atoms with Crippen LogP contribution in [0, 0.1) is 0 Å². The zero-order valence-electron chi connectivity index (χ0n) is 24.7. The molecule has 2 amide bonds. The van der Waals surface area contributed by atoms with E-state index in [-0.39, 0.29) is 29.9 Å². The third-order valence-corrected chi connectivity index (χ3v) is 6.89. The maximum atomic E-state index is 13.3. The second-order valence-corrected chi connectivity index (χ2v) is 10.5. The van der Waals surface area contributed by atoms with E-state index in [0.717, 1.165) is 41.9 Å². The number of nitrogens with zero attached hydrogens (tertiary/aromatic N) is 2. The number of nitrogens with two attached hydrogens (primary N) is 1. The number of hydrogen-bond acceptors (Lipinski definition) is 6. The van der Waals surface area contributed by atoms with Gasteiger partial charge in [0.1, 0.15) is 11.4 Å². The number of carbonyl (C=O) groups is 2. The summed E-state index contributed by atoms with van der Waals surface area (Å²) in [6.07, 6.45) is 6.71. The van der Waals surface area contributed by atoms with E-state index in [9.17, 15) is 9.59 Å². The monoisotopic (exact) mass is 548 g/mol. The molecule has 4 aliphatic heterocycles. The van der Waals surface area contributed by atoms with E-state index in [4.69, 9.17) is 10.5 Å². The molecule has 6 bridgehead atoms. The van der Waals surface area contributed by atoms with Gasteiger partial charge in [0.25, 0.3) is 5.91 Å². The van der Waals surface area contributed by atoms with Gasteiger partial charge in [-0.2, -0.15) is 0 Å². The molecule has 0 aliphatic carbocycles. The number of hydrogen-bond donors (Lipinski definition) is 2. The predicted octanol–water partition coefficient (Wildman–Crippen LogP) is 5.62. The fourth-order valence-corrected chi connectivity index (χ4v) is 4.93. The fraction of sp³-hybridized carbons (Fsp3) is 0.469. The molecule has 0 radical (unpaired) electrons. The maximum absolute atomic E-state index is 13.3. The number of guanidine groups is 1. The Morgan fingerprint density at radius 1 is 1.18 bits per heavy atom. The van der Waals surface area contributed by atoms with E-state index in [2.05, 4.69) is 33.3 Å². The first-order valence-electron chi connectivity index (χ1n) is 14.2. The lowest BCUT2D eigenvalue weighted by Crippen LogP contribution is -2.46. The lowest BCUT2D eigenvalue weighted by atomic mass is 9.88. The first-order valence-corrected chi connectivity index (χ1v) is 14.2. The summed E-state index contributed by atoms with van der Waals surface area (Å²) in [7, 11) is 1.68. The second kappa shape index (κ2) is 14.1. The molecule has 4 heterocycles. The van der Waals surface area contributed by atoms with Crippen molar-refractivity contribution in [3.63, 3.8) is 0 Å². The van der Waals surface area contributed by atoms with Crippen molar-refractivity contribution in [3.05, 3.63) is 70.8 Å². The quantitative estimate of drug-likeness (QED) is 0.481. The number of benzene rings is 2. The van der Waals surface area contributed by atoms with Crippen molar-refractivity contribution >= 4 is 23.8 Å². The van der Waals surface area contributed by atoms with Crippen molar-refractivity contribution in [2.45, 2.75) is 84.5 Å². The van der Waals surface area contributed by atoms with Crippen LogP contribution in [-0.4, -0.2) is 48.0 Å². The van der Waals surface area contributed by atoms with Crippen LogP contribution in [0.4, 0.5) is 0 Å². The summed E-state index contributed by atoms with van der Waals surface area (Å²) in [6, 6.07) is 13.1. The van der Waals surface area contributed by atoms with Crippen molar-refractivity contribution in [2.24, 2.45) is 10.7 Å². The Balaban J connectivity index is 0.000000677. The molecule has 8 nitrogen and oxygen atoms in total. The van der Waals surface area contributed by atoms with Crippen molar-refractivity contribution in [3.8, 4) is 5.75 Å². The Morgan fingerprint density at radius 3 is 2.62 bits per heavy atom. The molecule has 4 aliphatic rings. The smallest absolute Gasteiger partial charge is 0.251 e. The van der Waals surface area contributed by atoms with E-state index in [1.165, 1.54) is 4.90 Å². The van der Waals surface area contributed by atoms with E-state index in [1.54, 1.807) is 13.2 Å². The number of fused-ring (bicyclic) bond motifs is 4. The standard InChI is InChI=1S/C27H30N4O3.C3H8O.C2H6/c1-27(2)15-22-21-13-17(10-11-23(21)34-27)6-3-4-9-20-14-24(32)31(26(28)29-20)16-18-7-5-8-19(12-18)25(33)30-22;1-3-4-2;1-2/h3,5-8,10-13,20,22H,4,9,14-16H2,1-2H3,(H2,28,29)(H,30,33);3H2,1-2H3;1-2H3/b6-3+;;. The van der Waals surface area contributed by atoms with Crippen molar-refractivity contribution in [2.75, 3.05) is 13.7 Å². The molecule has 2 aromatic carbocycles. The van der Waals surface area contributed by atoms with E-state index >= 15 is 0 Å². The Labute approximate surface area is 238 Å². The largest absolute Gasteiger partial charge is 0.487 e. The van der Waals surface area contributed by atoms with Crippen LogP contribution in [-0.2, 0) is 16.1 Å². The molecule has 6 rings (SSSR count). The number of rotatable bonds is 1. The highest BCUT2D eigenvalue weighted by molar-refractivity contribution is 5.98.